The summed E-state index contributed by atoms with van der Waals surface area (Å²) in [7, 11) is 3.70. The zero-order chi connectivity index (χ0) is 16.9. The highest BCUT2D eigenvalue weighted by molar-refractivity contribution is 5.79. The number of rotatable bonds is 4. The molecule has 24 heavy (non-hydrogen) atoms. The Labute approximate surface area is 141 Å². The van der Waals surface area contributed by atoms with Crippen LogP contribution in [-0.4, -0.2) is 62.1 Å². The zero-order valence-electron chi connectivity index (χ0n) is 14.4. The molecule has 0 aromatic carbocycles. The number of nitrogens with zero attached hydrogens (tertiary/aromatic N) is 7. The van der Waals surface area contributed by atoms with Crippen LogP contribution < -0.4 is 5.32 Å². The molecule has 9 heteroatoms. The first-order valence-corrected chi connectivity index (χ1v) is 8.13. The van der Waals surface area contributed by atoms with E-state index in [1.165, 1.54) is 0 Å². The van der Waals surface area contributed by atoms with E-state index in [-0.39, 0.29) is 6.10 Å². The van der Waals surface area contributed by atoms with Crippen LogP contribution in [0.5, 0.6) is 0 Å². The van der Waals surface area contributed by atoms with Crippen LogP contribution in [0.2, 0.25) is 0 Å². The van der Waals surface area contributed by atoms with Crippen molar-refractivity contribution in [3.05, 3.63) is 30.1 Å². The fraction of sp³-hybridized carbons (Fsp3) is 0.600. The molecule has 2 aromatic rings. The number of guanidine groups is 1. The Kier molecular flexibility index (Phi) is 5.09. The first-order chi connectivity index (χ1) is 11.7. The number of ether oxygens (including phenoxy) is 1. The summed E-state index contributed by atoms with van der Waals surface area (Å²) < 4.78 is 9.69. The molecule has 1 saturated heterocycles. The Bertz CT molecular complexity index is 691. The van der Waals surface area contributed by atoms with Crippen LogP contribution in [0.4, 0.5) is 0 Å². The lowest BCUT2D eigenvalue weighted by molar-refractivity contribution is -0.00806. The van der Waals surface area contributed by atoms with Crippen LogP contribution in [0.15, 0.2) is 23.7 Å². The summed E-state index contributed by atoms with van der Waals surface area (Å²) in [4.78, 5) is 6.60. The number of nitrogens with one attached hydrogen (secondary N) is 1. The third-order valence-corrected chi connectivity index (χ3v) is 4.12. The molecule has 0 bridgehead atoms. The van der Waals surface area contributed by atoms with Gasteiger partial charge in [-0.05, 0) is 6.92 Å². The third-order valence-electron chi connectivity index (χ3n) is 4.12. The molecule has 0 aliphatic carbocycles. The molecule has 1 N–H and O–H groups in total. The second kappa shape index (κ2) is 7.43. The van der Waals surface area contributed by atoms with E-state index in [2.05, 4.69) is 37.4 Å². The number of hydrogen-bond donors (Lipinski definition) is 1. The Balaban J connectivity index is 1.62. The molecule has 2 aromatic heterocycles. The molecule has 9 nitrogen and oxygen atoms in total. The highest BCUT2D eigenvalue weighted by atomic mass is 16.5. The van der Waals surface area contributed by atoms with Gasteiger partial charge in [0.2, 0.25) is 0 Å². The van der Waals surface area contributed by atoms with Crippen LogP contribution in [0.3, 0.4) is 0 Å². The molecule has 130 valence electrons. The summed E-state index contributed by atoms with van der Waals surface area (Å²) in [5.41, 5.74) is 1.09. The van der Waals surface area contributed by atoms with Crippen LogP contribution in [0, 0.1) is 0 Å². The van der Waals surface area contributed by atoms with Gasteiger partial charge in [-0.2, -0.15) is 5.10 Å². The van der Waals surface area contributed by atoms with E-state index in [1.54, 1.807) is 18.1 Å². The molecule has 1 atom stereocenters. The first-order valence-electron chi connectivity index (χ1n) is 8.13. The SMILES string of the molecule is CCn1cnnc1CNC(=NC)N1CCOC(c2cnn(C)c2)C1. The van der Waals surface area contributed by atoms with E-state index in [9.17, 15) is 0 Å². The van der Waals surface area contributed by atoms with Gasteiger partial charge in [-0.15, -0.1) is 10.2 Å². The van der Waals surface area contributed by atoms with Crippen molar-refractivity contribution < 1.29 is 4.74 Å². The lowest BCUT2D eigenvalue weighted by atomic mass is 10.1. The summed E-state index contributed by atoms with van der Waals surface area (Å²) in [6.45, 7) is 5.72. The van der Waals surface area contributed by atoms with E-state index >= 15 is 0 Å². The van der Waals surface area contributed by atoms with Crippen molar-refractivity contribution in [2.45, 2.75) is 26.1 Å². The van der Waals surface area contributed by atoms with Crippen molar-refractivity contribution in [2.24, 2.45) is 12.0 Å². The van der Waals surface area contributed by atoms with Crippen molar-refractivity contribution in [2.75, 3.05) is 26.7 Å². The van der Waals surface area contributed by atoms with E-state index in [0.717, 1.165) is 37.0 Å². The van der Waals surface area contributed by atoms with Crippen LogP contribution in [0.1, 0.15) is 24.4 Å². The Hall–Kier alpha value is -2.42. The van der Waals surface area contributed by atoms with E-state index in [4.69, 9.17) is 4.74 Å². The maximum Gasteiger partial charge on any atom is 0.194 e. The first kappa shape index (κ1) is 16.4. The Morgan fingerprint density at radius 3 is 3.08 bits per heavy atom. The second-order valence-corrected chi connectivity index (χ2v) is 5.69. The molecular weight excluding hydrogens is 308 g/mol. The minimum Gasteiger partial charge on any atom is -0.370 e. The Morgan fingerprint density at radius 2 is 2.38 bits per heavy atom. The lowest BCUT2D eigenvalue weighted by Crippen LogP contribution is -2.48. The Morgan fingerprint density at radius 1 is 1.50 bits per heavy atom. The van der Waals surface area contributed by atoms with Gasteiger partial charge >= 0.3 is 0 Å². The van der Waals surface area contributed by atoms with Gasteiger partial charge < -0.3 is 19.5 Å². The van der Waals surface area contributed by atoms with E-state index in [1.807, 2.05) is 24.0 Å². The van der Waals surface area contributed by atoms with Gasteiger partial charge in [-0.1, -0.05) is 0 Å². The monoisotopic (exact) mass is 332 g/mol. The topological polar surface area (TPSA) is 85.4 Å². The van der Waals surface area contributed by atoms with Gasteiger partial charge in [-0.3, -0.25) is 9.67 Å². The quantitative estimate of drug-likeness (QED) is 0.635. The van der Waals surface area contributed by atoms with Crippen LogP contribution in [-0.2, 0) is 24.9 Å². The summed E-state index contributed by atoms with van der Waals surface area (Å²) in [6.07, 6.45) is 5.60. The van der Waals surface area contributed by atoms with Crippen molar-refractivity contribution in [3.63, 3.8) is 0 Å². The molecule has 0 radical (unpaired) electrons. The van der Waals surface area contributed by atoms with Crippen molar-refractivity contribution in [1.82, 2.24) is 34.8 Å². The summed E-state index contributed by atoms with van der Waals surface area (Å²) in [5, 5.41) is 15.7. The maximum atomic E-state index is 5.88. The number of morpholine rings is 1. The van der Waals surface area contributed by atoms with Gasteiger partial charge in [0.15, 0.2) is 11.8 Å². The summed E-state index contributed by atoms with van der Waals surface area (Å²) >= 11 is 0. The fourth-order valence-electron chi connectivity index (χ4n) is 2.82. The van der Waals surface area contributed by atoms with Crippen LogP contribution in [0.25, 0.3) is 0 Å². The third kappa shape index (κ3) is 3.56. The van der Waals surface area contributed by atoms with Gasteiger partial charge in [0, 0.05) is 38.9 Å². The van der Waals surface area contributed by atoms with Gasteiger partial charge in [0.25, 0.3) is 0 Å². The largest absolute Gasteiger partial charge is 0.370 e. The van der Waals surface area contributed by atoms with Crippen molar-refractivity contribution in [3.8, 4) is 0 Å². The number of aryl methyl sites for hydroxylation is 2. The van der Waals surface area contributed by atoms with Crippen molar-refractivity contribution >= 4 is 5.96 Å². The van der Waals surface area contributed by atoms with Gasteiger partial charge in [-0.25, -0.2) is 0 Å². The second-order valence-electron chi connectivity index (χ2n) is 5.69. The van der Waals surface area contributed by atoms with Gasteiger partial charge in [0.1, 0.15) is 12.4 Å². The lowest BCUT2D eigenvalue weighted by Gasteiger charge is -2.34. The average Bonchev–Trinajstić information content (AvgIpc) is 3.24. The highest BCUT2D eigenvalue weighted by Crippen LogP contribution is 2.21. The van der Waals surface area contributed by atoms with Crippen molar-refractivity contribution in [1.29, 1.82) is 0 Å². The van der Waals surface area contributed by atoms with E-state index < -0.39 is 0 Å². The van der Waals surface area contributed by atoms with Gasteiger partial charge in [0.05, 0.1) is 25.9 Å². The van der Waals surface area contributed by atoms with E-state index in [0.29, 0.717) is 13.2 Å². The average molecular weight is 332 g/mol. The molecule has 0 spiro atoms. The summed E-state index contributed by atoms with van der Waals surface area (Å²) in [6, 6.07) is 0. The molecule has 1 aliphatic heterocycles. The predicted molar refractivity (Wildman–Crippen MR) is 89.4 cm³/mol. The highest BCUT2D eigenvalue weighted by Gasteiger charge is 2.25. The predicted octanol–water partition coefficient (Wildman–Crippen LogP) is 0.180. The smallest absolute Gasteiger partial charge is 0.194 e. The molecule has 3 rings (SSSR count). The molecule has 0 saturated carbocycles. The standard InChI is InChI=1S/C15H24N8O/c1-4-22-11-18-20-14(22)8-17-15(16-2)23-5-6-24-13(10-23)12-7-19-21(3)9-12/h7,9,11,13H,4-6,8,10H2,1-3H3,(H,16,17). The molecule has 1 fully saturated rings. The summed E-state index contributed by atoms with van der Waals surface area (Å²) in [5.74, 6) is 1.74. The maximum absolute atomic E-state index is 5.88. The molecule has 1 unspecified atom stereocenters. The number of aromatic nitrogens is 5. The molecular formula is C15H24N8O. The van der Waals surface area contributed by atoms with Crippen LogP contribution >= 0.6 is 0 Å². The minimum absolute atomic E-state index is 0.00490. The fourth-order valence-corrected chi connectivity index (χ4v) is 2.82. The molecule has 1 aliphatic rings. The molecule has 0 amide bonds. The normalized spacial score (nSPS) is 18.9. The minimum atomic E-state index is 0.00490. The number of hydrogen-bond acceptors (Lipinski definition) is 5. The molecule has 3 heterocycles. The number of aliphatic imine (C=N–C) groups is 1. The zero-order valence-corrected chi connectivity index (χ0v) is 14.4.